The summed E-state index contributed by atoms with van der Waals surface area (Å²) in [4.78, 5) is 14.2. The Labute approximate surface area is 139 Å². The number of rotatable bonds is 6. The van der Waals surface area contributed by atoms with Gasteiger partial charge in [-0.15, -0.1) is 0 Å². The number of ether oxygens (including phenoxy) is 2. The van der Waals surface area contributed by atoms with Gasteiger partial charge < -0.3 is 14.4 Å². The van der Waals surface area contributed by atoms with Gasteiger partial charge >= 0.3 is 0 Å². The Bertz CT molecular complexity index is 529. The molecule has 2 atom stereocenters. The summed E-state index contributed by atoms with van der Waals surface area (Å²) in [6.45, 7) is 8.49. The third-order valence-electron chi connectivity index (χ3n) is 4.83. The lowest BCUT2D eigenvalue weighted by molar-refractivity contribution is -0.136. The van der Waals surface area contributed by atoms with Crippen LogP contribution in [-0.4, -0.2) is 43.7 Å². The summed E-state index contributed by atoms with van der Waals surface area (Å²) in [5.41, 5.74) is 2.49. The molecule has 128 valence electrons. The largest absolute Gasteiger partial charge is 0.494 e. The molecule has 1 amide bonds. The van der Waals surface area contributed by atoms with Gasteiger partial charge in [0.25, 0.3) is 0 Å². The minimum Gasteiger partial charge on any atom is -0.494 e. The van der Waals surface area contributed by atoms with Crippen LogP contribution >= 0.6 is 0 Å². The number of likely N-dealkylation sites (tertiary alicyclic amines) is 1. The number of methoxy groups -OCH3 is 1. The second-order valence-corrected chi connectivity index (χ2v) is 6.58. The standard InChI is InChI=1S/C19H29NO3/c1-14-7-8-17(12-16(14)3)23-11-5-6-19(21)20-10-9-15(2)18(13-20)22-4/h7-8,12,15,18H,5-6,9-11,13H2,1-4H3/t15-,18-/m1/s1. The molecular weight excluding hydrogens is 290 g/mol. The van der Waals surface area contributed by atoms with E-state index in [4.69, 9.17) is 9.47 Å². The van der Waals surface area contributed by atoms with Gasteiger partial charge in [0.2, 0.25) is 5.91 Å². The van der Waals surface area contributed by atoms with Crippen molar-refractivity contribution in [2.45, 2.75) is 46.1 Å². The lowest BCUT2D eigenvalue weighted by atomic mass is 9.95. The lowest BCUT2D eigenvalue weighted by Gasteiger charge is -2.36. The second-order valence-electron chi connectivity index (χ2n) is 6.58. The van der Waals surface area contributed by atoms with Crippen molar-refractivity contribution in [1.82, 2.24) is 4.90 Å². The molecule has 1 heterocycles. The Morgan fingerprint density at radius 2 is 2.09 bits per heavy atom. The first kappa shape index (κ1) is 17.8. The van der Waals surface area contributed by atoms with Crippen molar-refractivity contribution in [3.05, 3.63) is 29.3 Å². The van der Waals surface area contributed by atoms with E-state index in [0.717, 1.165) is 25.1 Å². The van der Waals surface area contributed by atoms with E-state index in [1.54, 1.807) is 7.11 Å². The van der Waals surface area contributed by atoms with Crippen LogP contribution < -0.4 is 4.74 Å². The first-order valence-electron chi connectivity index (χ1n) is 8.52. The molecule has 4 nitrogen and oxygen atoms in total. The monoisotopic (exact) mass is 319 g/mol. The number of amides is 1. The van der Waals surface area contributed by atoms with Gasteiger partial charge in [0.1, 0.15) is 5.75 Å². The van der Waals surface area contributed by atoms with Gasteiger partial charge in [-0.3, -0.25) is 4.79 Å². The van der Waals surface area contributed by atoms with Crippen LogP contribution in [0.3, 0.4) is 0 Å². The molecule has 0 unspecified atom stereocenters. The normalized spacial score (nSPS) is 21.3. The Morgan fingerprint density at radius 3 is 2.78 bits per heavy atom. The van der Waals surface area contributed by atoms with Gasteiger partial charge in [-0.05, 0) is 55.9 Å². The molecule has 4 heteroatoms. The number of hydrogen-bond acceptors (Lipinski definition) is 3. The van der Waals surface area contributed by atoms with Crippen LogP contribution in [0, 0.1) is 19.8 Å². The smallest absolute Gasteiger partial charge is 0.222 e. The molecule has 23 heavy (non-hydrogen) atoms. The van der Waals surface area contributed by atoms with Crippen molar-refractivity contribution in [2.75, 3.05) is 26.8 Å². The highest BCUT2D eigenvalue weighted by Crippen LogP contribution is 2.20. The van der Waals surface area contributed by atoms with Crippen molar-refractivity contribution >= 4 is 5.91 Å². The number of carbonyl (C=O) groups excluding carboxylic acids is 1. The third kappa shape index (κ3) is 4.96. The van der Waals surface area contributed by atoms with Crippen LogP contribution in [0.15, 0.2) is 18.2 Å². The van der Waals surface area contributed by atoms with E-state index < -0.39 is 0 Å². The highest BCUT2D eigenvalue weighted by molar-refractivity contribution is 5.76. The van der Waals surface area contributed by atoms with Crippen LogP contribution in [0.25, 0.3) is 0 Å². The quantitative estimate of drug-likeness (QED) is 0.755. The third-order valence-corrected chi connectivity index (χ3v) is 4.83. The Morgan fingerprint density at radius 1 is 1.30 bits per heavy atom. The first-order chi connectivity index (χ1) is 11.0. The van der Waals surface area contributed by atoms with Crippen molar-refractivity contribution < 1.29 is 14.3 Å². The Hall–Kier alpha value is -1.55. The molecule has 1 aliphatic heterocycles. The van der Waals surface area contributed by atoms with Crippen molar-refractivity contribution in [3.8, 4) is 5.75 Å². The number of benzene rings is 1. The molecule has 0 saturated carbocycles. The van der Waals surface area contributed by atoms with E-state index in [9.17, 15) is 4.79 Å². The van der Waals surface area contributed by atoms with Crippen LogP contribution in [0.2, 0.25) is 0 Å². The summed E-state index contributed by atoms with van der Waals surface area (Å²) in [6.07, 6.45) is 2.47. The fraction of sp³-hybridized carbons (Fsp3) is 0.632. The van der Waals surface area contributed by atoms with Crippen LogP contribution in [0.1, 0.15) is 37.3 Å². The molecular formula is C19H29NO3. The predicted molar refractivity (Wildman–Crippen MR) is 91.8 cm³/mol. The summed E-state index contributed by atoms with van der Waals surface area (Å²) < 4.78 is 11.2. The zero-order chi connectivity index (χ0) is 16.8. The molecule has 0 N–H and O–H groups in total. The predicted octanol–water partition coefficient (Wildman–Crippen LogP) is 3.35. The molecule has 1 aromatic rings. The van der Waals surface area contributed by atoms with E-state index in [0.29, 0.717) is 25.5 Å². The molecule has 0 bridgehead atoms. The average Bonchev–Trinajstić information content (AvgIpc) is 2.55. The molecule has 1 aromatic carbocycles. The van der Waals surface area contributed by atoms with Gasteiger partial charge in [-0.1, -0.05) is 13.0 Å². The Balaban J connectivity index is 1.71. The summed E-state index contributed by atoms with van der Waals surface area (Å²) in [6, 6.07) is 6.10. The summed E-state index contributed by atoms with van der Waals surface area (Å²) in [5.74, 6) is 1.62. The van der Waals surface area contributed by atoms with E-state index in [1.807, 2.05) is 17.0 Å². The fourth-order valence-corrected chi connectivity index (χ4v) is 2.94. The van der Waals surface area contributed by atoms with Crippen LogP contribution in [0.4, 0.5) is 0 Å². The van der Waals surface area contributed by atoms with Crippen LogP contribution in [-0.2, 0) is 9.53 Å². The molecule has 0 aliphatic carbocycles. The topological polar surface area (TPSA) is 38.8 Å². The average molecular weight is 319 g/mol. The van der Waals surface area contributed by atoms with E-state index in [1.165, 1.54) is 11.1 Å². The van der Waals surface area contributed by atoms with Gasteiger partial charge in [-0.2, -0.15) is 0 Å². The Kier molecular flexibility index (Phi) is 6.46. The summed E-state index contributed by atoms with van der Waals surface area (Å²) in [7, 11) is 1.73. The second kappa shape index (κ2) is 8.34. The van der Waals surface area contributed by atoms with Gasteiger partial charge in [0.05, 0.1) is 12.7 Å². The number of piperidine rings is 1. The highest BCUT2D eigenvalue weighted by atomic mass is 16.5. The molecule has 0 aromatic heterocycles. The highest BCUT2D eigenvalue weighted by Gasteiger charge is 2.28. The lowest BCUT2D eigenvalue weighted by Crippen LogP contribution is -2.46. The van der Waals surface area contributed by atoms with E-state index >= 15 is 0 Å². The SMILES string of the molecule is CO[C@@H]1CN(C(=O)CCCOc2ccc(C)c(C)c2)CC[C@H]1C. The van der Waals surface area contributed by atoms with Crippen molar-refractivity contribution in [3.63, 3.8) is 0 Å². The summed E-state index contributed by atoms with van der Waals surface area (Å²) >= 11 is 0. The van der Waals surface area contributed by atoms with Gasteiger partial charge in [-0.25, -0.2) is 0 Å². The van der Waals surface area contributed by atoms with Gasteiger partial charge in [0.15, 0.2) is 0 Å². The fourth-order valence-electron chi connectivity index (χ4n) is 2.94. The van der Waals surface area contributed by atoms with Gasteiger partial charge in [0, 0.05) is 26.6 Å². The van der Waals surface area contributed by atoms with Crippen molar-refractivity contribution in [2.24, 2.45) is 5.92 Å². The maximum Gasteiger partial charge on any atom is 0.222 e. The molecule has 0 radical (unpaired) electrons. The number of hydrogen-bond donors (Lipinski definition) is 0. The zero-order valence-corrected chi connectivity index (χ0v) is 14.8. The maximum absolute atomic E-state index is 12.3. The zero-order valence-electron chi connectivity index (χ0n) is 14.8. The molecule has 1 aliphatic rings. The minimum absolute atomic E-state index is 0.166. The molecule has 0 spiro atoms. The number of nitrogens with zero attached hydrogens (tertiary/aromatic N) is 1. The first-order valence-corrected chi connectivity index (χ1v) is 8.52. The van der Waals surface area contributed by atoms with Crippen LogP contribution in [0.5, 0.6) is 5.75 Å². The van der Waals surface area contributed by atoms with Crippen molar-refractivity contribution in [1.29, 1.82) is 0 Å². The number of aryl methyl sites for hydroxylation is 2. The molecule has 1 fully saturated rings. The number of carbonyl (C=O) groups is 1. The van der Waals surface area contributed by atoms with E-state index in [-0.39, 0.29) is 12.0 Å². The maximum atomic E-state index is 12.3. The molecule has 2 rings (SSSR count). The van der Waals surface area contributed by atoms with E-state index in [2.05, 4.69) is 26.8 Å². The minimum atomic E-state index is 0.166. The summed E-state index contributed by atoms with van der Waals surface area (Å²) in [5, 5.41) is 0. The molecule has 1 saturated heterocycles.